The molecule has 0 radical (unpaired) electrons. The van der Waals surface area contributed by atoms with Crippen LogP contribution >= 0.6 is 15.9 Å². The van der Waals surface area contributed by atoms with E-state index < -0.39 is 0 Å². The summed E-state index contributed by atoms with van der Waals surface area (Å²) in [5, 5.41) is 14.4. The summed E-state index contributed by atoms with van der Waals surface area (Å²) in [5.74, 6) is 3.44. The maximum atomic E-state index is 8.16. The van der Waals surface area contributed by atoms with Gasteiger partial charge in [0.05, 0.1) is 18.7 Å². The van der Waals surface area contributed by atoms with Crippen molar-refractivity contribution >= 4 is 33.5 Å². The van der Waals surface area contributed by atoms with Crippen LogP contribution in [0.5, 0.6) is 11.5 Å². The van der Waals surface area contributed by atoms with Gasteiger partial charge in [0, 0.05) is 18.3 Å². The number of nitrogens with one attached hydrogen (secondary N) is 3. The van der Waals surface area contributed by atoms with E-state index in [1.54, 1.807) is 20.4 Å². The predicted octanol–water partition coefficient (Wildman–Crippen LogP) is 4.61. The lowest BCUT2D eigenvalue weighted by atomic mass is 10.2. The maximum Gasteiger partial charge on any atom is 0.224 e. The van der Waals surface area contributed by atoms with Crippen molar-refractivity contribution in [3.05, 3.63) is 46.1 Å². The Kier molecular flexibility index (Phi) is 6.51. The van der Waals surface area contributed by atoms with E-state index in [9.17, 15) is 0 Å². The molecule has 1 aromatic carbocycles. The zero-order chi connectivity index (χ0) is 20.1. The molecule has 0 atom stereocenters. The number of amidine groups is 1. The molecule has 3 rings (SSSR count). The SMILES string of the molecule is COc1ccc(OC)c(CNc2ncc(Br)c(NC(=N)/C=C(\C)C3CC3)n2)c1. The van der Waals surface area contributed by atoms with Crippen molar-refractivity contribution in [1.29, 1.82) is 5.41 Å². The Morgan fingerprint density at radius 2 is 2.11 bits per heavy atom. The summed E-state index contributed by atoms with van der Waals surface area (Å²) >= 11 is 3.43. The molecular formula is C20H24BrN5O2. The second kappa shape index (κ2) is 9.05. The van der Waals surface area contributed by atoms with Gasteiger partial charge in [0.2, 0.25) is 5.95 Å². The van der Waals surface area contributed by atoms with Crippen molar-refractivity contribution in [3.63, 3.8) is 0 Å². The van der Waals surface area contributed by atoms with E-state index >= 15 is 0 Å². The Balaban J connectivity index is 1.69. The van der Waals surface area contributed by atoms with E-state index in [1.165, 1.54) is 18.4 Å². The molecule has 0 spiro atoms. The molecule has 1 fully saturated rings. The van der Waals surface area contributed by atoms with Crippen molar-refractivity contribution in [1.82, 2.24) is 9.97 Å². The minimum absolute atomic E-state index is 0.309. The Labute approximate surface area is 173 Å². The maximum absolute atomic E-state index is 8.16. The van der Waals surface area contributed by atoms with Gasteiger partial charge in [-0.3, -0.25) is 5.41 Å². The zero-order valence-electron chi connectivity index (χ0n) is 16.2. The van der Waals surface area contributed by atoms with Gasteiger partial charge in [-0.1, -0.05) is 5.57 Å². The molecule has 1 aromatic heterocycles. The number of ether oxygens (including phenoxy) is 2. The van der Waals surface area contributed by atoms with Gasteiger partial charge in [-0.2, -0.15) is 4.98 Å². The lowest BCUT2D eigenvalue weighted by Crippen LogP contribution is -2.12. The highest BCUT2D eigenvalue weighted by molar-refractivity contribution is 9.10. The molecule has 0 bridgehead atoms. The Morgan fingerprint density at radius 1 is 1.32 bits per heavy atom. The molecular weight excluding hydrogens is 422 g/mol. The second-order valence-corrected chi connectivity index (χ2v) is 7.48. The first-order chi connectivity index (χ1) is 13.5. The zero-order valence-corrected chi connectivity index (χ0v) is 17.8. The van der Waals surface area contributed by atoms with Gasteiger partial charge in [0.1, 0.15) is 17.3 Å². The molecule has 0 aliphatic heterocycles. The third kappa shape index (κ3) is 5.22. The third-order valence-electron chi connectivity index (χ3n) is 4.52. The van der Waals surface area contributed by atoms with Crippen LogP contribution in [0.2, 0.25) is 0 Å². The molecule has 2 aromatic rings. The summed E-state index contributed by atoms with van der Waals surface area (Å²) < 4.78 is 11.4. The van der Waals surface area contributed by atoms with Crippen LogP contribution in [0.4, 0.5) is 11.8 Å². The third-order valence-corrected chi connectivity index (χ3v) is 5.10. The molecule has 1 aliphatic carbocycles. The van der Waals surface area contributed by atoms with Crippen molar-refractivity contribution in [2.24, 2.45) is 5.92 Å². The van der Waals surface area contributed by atoms with Gasteiger partial charge < -0.3 is 20.1 Å². The Morgan fingerprint density at radius 3 is 2.79 bits per heavy atom. The summed E-state index contributed by atoms with van der Waals surface area (Å²) in [6, 6.07) is 5.62. The van der Waals surface area contributed by atoms with Crippen LogP contribution in [0.15, 0.2) is 40.5 Å². The smallest absolute Gasteiger partial charge is 0.224 e. The van der Waals surface area contributed by atoms with Gasteiger partial charge in [-0.05, 0) is 65.9 Å². The number of hydrogen-bond acceptors (Lipinski definition) is 6. The largest absolute Gasteiger partial charge is 0.497 e. The number of anilines is 2. The van der Waals surface area contributed by atoms with E-state index in [-0.39, 0.29) is 0 Å². The van der Waals surface area contributed by atoms with Crippen molar-refractivity contribution in [3.8, 4) is 11.5 Å². The second-order valence-electron chi connectivity index (χ2n) is 6.62. The first kappa shape index (κ1) is 20.1. The highest BCUT2D eigenvalue weighted by Gasteiger charge is 2.23. The number of rotatable bonds is 8. The van der Waals surface area contributed by atoms with Crippen LogP contribution in [-0.2, 0) is 6.54 Å². The summed E-state index contributed by atoms with van der Waals surface area (Å²) in [4.78, 5) is 8.76. The Hall–Kier alpha value is -2.61. The fourth-order valence-corrected chi connectivity index (χ4v) is 3.07. The van der Waals surface area contributed by atoms with Crippen molar-refractivity contribution < 1.29 is 9.47 Å². The average molecular weight is 446 g/mol. The van der Waals surface area contributed by atoms with Gasteiger partial charge in [0.25, 0.3) is 0 Å². The predicted molar refractivity (Wildman–Crippen MR) is 114 cm³/mol. The van der Waals surface area contributed by atoms with Crippen molar-refractivity contribution in [2.75, 3.05) is 24.9 Å². The molecule has 28 heavy (non-hydrogen) atoms. The summed E-state index contributed by atoms with van der Waals surface area (Å²) in [7, 11) is 3.26. The van der Waals surface area contributed by atoms with Crippen LogP contribution in [-0.4, -0.2) is 30.0 Å². The van der Waals surface area contributed by atoms with Gasteiger partial charge in [-0.25, -0.2) is 4.98 Å². The van der Waals surface area contributed by atoms with E-state index in [2.05, 4.69) is 43.5 Å². The normalized spacial score (nSPS) is 13.8. The number of halogens is 1. The standard InChI is InChI=1S/C20H24BrN5O2/c1-12(13-4-5-13)8-18(22)25-19-16(21)11-24-20(26-19)23-10-14-9-15(27-2)6-7-17(14)28-3/h6-9,11,13H,4-5,10H2,1-3H3,(H3,22,23,24,25,26)/b12-8+. The lowest BCUT2D eigenvalue weighted by Gasteiger charge is -2.13. The first-order valence-electron chi connectivity index (χ1n) is 9.01. The molecule has 3 N–H and O–H groups in total. The van der Waals surface area contributed by atoms with Crippen LogP contribution < -0.4 is 20.1 Å². The summed E-state index contributed by atoms with van der Waals surface area (Å²) in [5.41, 5.74) is 2.16. The summed E-state index contributed by atoms with van der Waals surface area (Å²) in [6.45, 7) is 2.54. The Bertz CT molecular complexity index is 896. The fourth-order valence-electron chi connectivity index (χ4n) is 2.78. The van der Waals surface area contributed by atoms with E-state index in [0.29, 0.717) is 34.5 Å². The van der Waals surface area contributed by atoms with Gasteiger partial charge in [-0.15, -0.1) is 0 Å². The van der Waals surface area contributed by atoms with E-state index in [4.69, 9.17) is 14.9 Å². The molecule has 7 nitrogen and oxygen atoms in total. The summed E-state index contributed by atoms with van der Waals surface area (Å²) in [6.07, 6.45) is 5.95. The van der Waals surface area contributed by atoms with E-state index in [0.717, 1.165) is 17.1 Å². The molecule has 0 unspecified atom stereocenters. The topological polar surface area (TPSA) is 92.2 Å². The minimum Gasteiger partial charge on any atom is -0.497 e. The number of allylic oxidation sites excluding steroid dienone is 1. The minimum atomic E-state index is 0.309. The molecule has 148 valence electrons. The molecule has 1 heterocycles. The van der Waals surface area contributed by atoms with Gasteiger partial charge >= 0.3 is 0 Å². The molecule has 1 aliphatic rings. The molecule has 8 heteroatoms. The highest BCUT2D eigenvalue weighted by Crippen LogP contribution is 2.36. The number of hydrogen-bond donors (Lipinski definition) is 3. The molecule has 0 saturated heterocycles. The van der Waals surface area contributed by atoms with Gasteiger partial charge in [0.15, 0.2) is 5.82 Å². The van der Waals surface area contributed by atoms with Crippen LogP contribution in [0.3, 0.4) is 0 Å². The van der Waals surface area contributed by atoms with Crippen LogP contribution in [0, 0.1) is 11.3 Å². The number of aromatic nitrogens is 2. The molecule has 0 amide bonds. The van der Waals surface area contributed by atoms with Crippen LogP contribution in [0.1, 0.15) is 25.3 Å². The number of nitrogens with zero attached hydrogens (tertiary/aromatic N) is 2. The number of benzene rings is 1. The van der Waals surface area contributed by atoms with Crippen molar-refractivity contribution in [2.45, 2.75) is 26.3 Å². The fraction of sp³-hybridized carbons (Fsp3) is 0.350. The van der Waals surface area contributed by atoms with E-state index in [1.807, 2.05) is 24.3 Å². The first-order valence-corrected chi connectivity index (χ1v) is 9.80. The van der Waals surface area contributed by atoms with Crippen LogP contribution in [0.25, 0.3) is 0 Å². The number of methoxy groups -OCH3 is 2. The average Bonchev–Trinajstić information content (AvgIpc) is 3.53. The highest BCUT2D eigenvalue weighted by atomic mass is 79.9. The lowest BCUT2D eigenvalue weighted by molar-refractivity contribution is 0.399. The monoisotopic (exact) mass is 445 g/mol. The molecule has 1 saturated carbocycles. The quantitative estimate of drug-likeness (QED) is 0.405.